The Bertz CT molecular complexity index is 519. The Balaban J connectivity index is 1.78. The standard InChI is InChI=1S/C15H13NO/c1-3-7-12(8-4-1)14-11-16-15(17-14)13-9-5-2-6-10-13/h1-10,14H,11H2/t14-/m0/s1. The number of aliphatic imine (C=N–C) groups is 1. The quantitative estimate of drug-likeness (QED) is 0.766. The fourth-order valence-electron chi connectivity index (χ4n) is 1.96. The monoisotopic (exact) mass is 223 g/mol. The molecule has 0 fully saturated rings. The predicted octanol–water partition coefficient (Wildman–Crippen LogP) is 3.20. The van der Waals surface area contributed by atoms with Gasteiger partial charge in [-0.1, -0.05) is 48.5 Å². The zero-order valence-corrected chi connectivity index (χ0v) is 9.41. The van der Waals surface area contributed by atoms with Crippen molar-refractivity contribution in [3.8, 4) is 0 Å². The van der Waals surface area contributed by atoms with Crippen LogP contribution in [0.15, 0.2) is 65.7 Å². The molecule has 0 radical (unpaired) electrons. The Morgan fingerprint density at radius 2 is 1.53 bits per heavy atom. The van der Waals surface area contributed by atoms with E-state index in [0.29, 0.717) is 6.54 Å². The van der Waals surface area contributed by atoms with Gasteiger partial charge in [-0.25, -0.2) is 4.99 Å². The smallest absolute Gasteiger partial charge is 0.216 e. The second-order valence-electron chi connectivity index (χ2n) is 4.03. The lowest BCUT2D eigenvalue weighted by Gasteiger charge is -2.11. The van der Waals surface area contributed by atoms with Gasteiger partial charge in [-0.2, -0.15) is 0 Å². The molecular formula is C15H13NO. The van der Waals surface area contributed by atoms with E-state index in [1.54, 1.807) is 0 Å². The van der Waals surface area contributed by atoms with Crippen molar-refractivity contribution in [1.82, 2.24) is 0 Å². The van der Waals surface area contributed by atoms with Gasteiger partial charge in [-0.3, -0.25) is 0 Å². The van der Waals surface area contributed by atoms with Crippen LogP contribution in [0.4, 0.5) is 0 Å². The molecule has 1 aliphatic heterocycles. The third-order valence-electron chi connectivity index (χ3n) is 2.85. The Hall–Kier alpha value is -2.09. The molecule has 84 valence electrons. The third-order valence-corrected chi connectivity index (χ3v) is 2.85. The molecule has 1 atom stereocenters. The lowest BCUT2D eigenvalue weighted by molar-refractivity contribution is 0.230. The highest BCUT2D eigenvalue weighted by Gasteiger charge is 2.21. The lowest BCUT2D eigenvalue weighted by Crippen LogP contribution is -2.05. The molecule has 2 aromatic carbocycles. The van der Waals surface area contributed by atoms with E-state index in [1.165, 1.54) is 5.56 Å². The van der Waals surface area contributed by atoms with E-state index in [0.717, 1.165) is 11.5 Å². The summed E-state index contributed by atoms with van der Waals surface area (Å²) in [4.78, 5) is 4.46. The SMILES string of the molecule is c1ccc(C2=NC[C@@H](c3ccccc3)O2)cc1. The molecule has 1 aliphatic rings. The molecule has 3 rings (SSSR count). The van der Waals surface area contributed by atoms with Gasteiger partial charge in [-0.05, 0) is 17.7 Å². The summed E-state index contributed by atoms with van der Waals surface area (Å²) in [6.07, 6.45) is 0.0615. The summed E-state index contributed by atoms with van der Waals surface area (Å²) in [5.41, 5.74) is 2.23. The van der Waals surface area contributed by atoms with Crippen LogP contribution in [0, 0.1) is 0 Å². The predicted molar refractivity (Wildman–Crippen MR) is 68.1 cm³/mol. The van der Waals surface area contributed by atoms with Crippen molar-refractivity contribution < 1.29 is 4.74 Å². The molecule has 0 amide bonds. The van der Waals surface area contributed by atoms with Crippen molar-refractivity contribution in [1.29, 1.82) is 0 Å². The fourth-order valence-corrected chi connectivity index (χ4v) is 1.96. The number of ether oxygens (including phenoxy) is 1. The van der Waals surface area contributed by atoms with Gasteiger partial charge in [0.15, 0.2) is 0 Å². The average molecular weight is 223 g/mol. The van der Waals surface area contributed by atoms with Crippen LogP contribution >= 0.6 is 0 Å². The van der Waals surface area contributed by atoms with Crippen molar-refractivity contribution in [2.24, 2.45) is 4.99 Å². The van der Waals surface area contributed by atoms with Crippen LogP contribution in [0.1, 0.15) is 17.2 Å². The summed E-state index contributed by atoms with van der Waals surface area (Å²) in [5.74, 6) is 0.749. The molecule has 0 unspecified atom stereocenters. The summed E-state index contributed by atoms with van der Waals surface area (Å²) < 4.78 is 5.88. The van der Waals surface area contributed by atoms with Gasteiger partial charge in [0, 0.05) is 5.56 Å². The van der Waals surface area contributed by atoms with Gasteiger partial charge in [0.1, 0.15) is 6.10 Å². The van der Waals surface area contributed by atoms with Crippen molar-refractivity contribution in [3.63, 3.8) is 0 Å². The number of hydrogen-bond donors (Lipinski definition) is 0. The van der Waals surface area contributed by atoms with Gasteiger partial charge >= 0.3 is 0 Å². The molecule has 0 aromatic heterocycles. The largest absolute Gasteiger partial charge is 0.467 e. The highest BCUT2D eigenvalue weighted by atomic mass is 16.5. The molecule has 0 spiro atoms. The van der Waals surface area contributed by atoms with Gasteiger partial charge < -0.3 is 4.74 Å². The summed E-state index contributed by atoms with van der Waals surface area (Å²) >= 11 is 0. The number of nitrogens with zero attached hydrogens (tertiary/aromatic N) is 1. The van der Waals surface area contributed by atoms with Gasteiger partial charge in [-0.15, -0.1) is 0 Å². The van der Waals surface area contributed by atoms with Gasteiger partial charge in [0.25, 0.3) is 0 Å². The van der Waals surface area contributed by atoms with Crippen LogP contribution in [0.3, 0.4) is 0 Å². The minimum atomic E-state index is 0.0615. The zero-order valence-electron chi connectivity index (χ0n) is 9.41. The van der Waals surface area contributed by atoms with Crippen LogP contribution in [-0.4, -0.2) is 12.4 Å². The maximum atomic E-state index is 5.88. The Labute approximate surface area is 101 Å². The third kappa shape index (κ3) is 2.07. The van der Waals surface area contributed by atoms with Crippen molar-refractivity contribution in [2.75, 3.05) is 6.54 Å². The number of hydrogen-bond acceptors (Lipinski definition) is 2. The lowest BCUT2D eigenvalue weighted by atomic mass is 10.1. The molecule has 0 saturated heterocycles. The van der Waals surface area contributed by atoms with Crippen molar-refractivity contribution in [3.05, 3.63) is 71.8 Å². The first-order valence-corrected chi connectivity index (χ1v) is 5.75. The summed E-state index contributed by atoms with van der Waals surface area (Å²) in [7, 11) is 0. The highest BCUT2D eigenvalue weighted by Crippen LogP contribution is 2.24. The molecule has 0 bridgehead atoms. The second kappa shape index (κ2) is 4.42. The molecular weight excluding hydrogens is 210 g/mol. The maximum absolute atomic E-state index is 5.88. The molecule has 1 heterocycles. The number of rotatable bonds is 2. The zero-order chi connectivity index (χ0) is 11.5. The molecule has 2 nitrogen and oxygen atoms in total. The van der Waals surface area contributed by atoms with E-state index in [9.17, 15) is 0 Å². The molecule has 0 N–H and O–H groups in total. The van der Waals surface area contributed by atoms with Crippen molar-refractivity contribution >= 4 is 5.90 Å². The fraction of sp³-hybridized carbons (Fsp3) is 0.133. The van der Waals surface area contributed by atoms with Crippen LogP contribution in [-0.2, 0) is 4.74 Å². The minimum absolute atomic E-state index is 0.0615. The Morgan fingerprint density at radius 1 is 0.882 bits per heavy atom. The first-order chi connectivity index (χ1) is 8.43. The Morgan fingerprint density at radius 3 is 2.24 bits per heavy atom. The summed E-state index contributed by atoms with van der Waals surface area (Å²) in [5, 5.41) is 0. The second-order valence-corrected chi connectivity index (χ2v) is 4.03. The first kappa shape index (κ1) is 10.1. The number of benzene rings is 2. The maximum Gasteiger partial charge on any atom is 0.216 e. The van der Waals surface area contributed by atoms with E-state index in [2.05, 4.69) is 17.1 Å². The summed E-state index contributed by atoms with van der Waals surface area (Å²) in [6.45, 7) is 0.703. The normalized spacial score (nSPS) is 18.6. The highest BCUT2D eigenvalue weighted by molar-refractivity contribution is 5.95. The van der Waals surface area contributed by atoms with E-state index >= 15 is 0 Å². The van der Waals surface area contributed by atoms with E-state index in [-0.39, 0.29) is 6.10 Å². The molecule has 0 aliphatic carbocycles. The first-order valence-electron chi connectivity index (χ1n) is 5.75. The summed E-state index contributed by atoms with van der Waals surface area (Å²) in [6, 6.07) is 20.2. The Kier molecular flexibility index (Phi) is 2.62. The van der Waals surface area contributed by atoms with Crippen LogP contribution in [0.2, 0.25) is 0 Å². The van der Waals surface area contributed by atoms with Gasteiger partial charge in [0.2, 0.25) is 5.90 Å². The minimum Gasteiger partial charge on any atom is -0.467 e. The molecule has 2 heteroatoms. The molecule has 17 heavy (non-hydrogen) atoms. The van der Waals surface area contributed by atoms with Crippen LogP contribution < -0.4 is 0 Å². The van der Waals surface area contributed by atoms with Gasteiger partial charge in [0.05, 0.1) is 6.54 Å². The van der Waals surface area contributed by atoms with E-state index in [4.69, 9.17) is 4.74 Å². The van der Waals surface area contributed by atoms with Crippen molar-refractivity contribution in [2.45, 2.75) is 6.10 Å². The average Bonchev–Trinajstić information content (AvgIpc) is 2.90. The topological polar surface area (TPSA) is 21.6 Å². The van der Waals surface area contributed by atoms with E-state index in [1.807, 2.05) is 48.5 Å². The van der Waals surface area contributed by atoms with E-state index < -0.39 is 0 Å². The van der Waals surface area contributed by atoms with Crippen LogP contribution in [0.5, 0.6) is 0 Å². The molecule has 0 saturated carbocycles. The molecule has 2 aromatic rings. The van der Waals surface area contributed by atoms with Crippen LogP contribution in [0.25, 0.3) is 0 Å².